The average molecular weight is 332 g/mol. The number of nitro benzene ring substituents is 1. The molecule has 7 heteroatoms. The highest BCUT2D eigenvalue weighted by molar-refractivity contribution is 9.10. The van der Waals surface area contributed by atoms with Crippen LogP contribution in [0.3, 0.4) is 0 Å². The lowest BCUT2D eigenvalue weighted by molar-refractivity contribution is -0.384. The number of rotatable bonds is 3. The highest BCUT2D eigenvalue weighted by Gasteiger charge is 2.22. The molecule has 0 aliphatic carbocycles. The standard InChI is InChI=1S/C12H15BrFN3O2/c1-16-4-2-3-8(7-16)15-11-5-9(13)10(14)6-12(11)17(18)19/h5-6,8,15H,2-4,7H2,1H3. The maximum Gasteiger partial charge on any atom is 0.295 e. The molecule has 104 valence electrons. The molecule has 0 spiro atoms. The number of anilines is 1. The summed E-state index contributed by atoms with van der Waals surface area (Å²) in [6, 6.07) is 2.52. The minimum atomic E-state index is -0.627. The Bertz CT molecular complexity index is 498. The minimum absolute atomic E-state index is 0.148. The lowest BCUT2D eigenvalue weighted by Crippen LogP contribution is -2.39. The number of likely N-dealkylation sites (N-methyl/N-ethyl adjacent to an activating group) is 1. The van der Waals surface area contributed by atoms with Gasteiger partial charge in [0.25, 0.3) is 5.69 Å². The molecule has 0 bridgehead atoms. The third kappa shape index (κ3) is 3.42. The molecule has 0 radical (unpaired) electrons. The van der Waals surface area contributed by atoms with Gasteiger partial charge in [-0.3, -0.25) is 10.1 Å². The Labute approximate surface area is 119 Å². The van der Waals surface area contributed by atoms with E-state index >= 15 is 0 Å². The van der Waals surface area contributed by atoms with Gasteiger partial charge in [0, 0.05) is 12.6 Å². The van der Waals surface area contributed by atoms with Gasteiger partial charge in [0.2, 0.25) is 0 Å². The fraction of sp³-hybridized carbons (Fsp3) is 0.500. The van der Waals surface area contributed by atoms with Crippen LogP contribution in [0.15, 0.2) is 16.6 Å². The largest absolute Gasteiger partial charge is 0.375 e. The van der Waals surface area contributed by atoms with Crippen molar-refractivity contribution in [1.82, 2.24) is 4.90 Å². The molecule has 1 unspecified atom stereocenters. The predicted molar refractivity (Wildman–Crippen MR) is 74.9 cm³/mol. The molecule has 19 heavy (non-hydrogen) atoms. The molecular formula is C12H15BrFN3O2. The van der Waals surface area contributed by atoms with Crippen LogP contribution in [0.4, 0.5) is 15.8 Å². The molecule has 2 rings (SSSR count). The predicted octanol–water partition coefficient (Wildman–Crippen LogP) is 3.00. The molecule has 1 atom stereocenters. The number of benzene rings is 1. The third-order valence-corrected chi connectivity index (χ3v) is 3.83. The Hall–Kier alpha value is -1.21. The molecule has 1 fully saturated rings. The first-order valence-electron chi connectivity index (χ1n) is 6.06. The van der Waals surface area contributed by atoms with Crippen molar-refractivity contribution in [3.05, 3.63) is 32.5 Å². The highest BCUT2D eigenvalue weighted by atomic mass is 79.9. The van der Waals surface area contributed by atoms with Crippen LogP contribution in [0.1, 0.15) is 12.8 Å². The van der Waals surface area contributed by atoms with Crippen LogP contribution in [0.2, 0.25) is 0 Å². The van der Waals surface area contributed by atoms with Gasteiger partial charge in [0.1, 0.15) is 11.5 Å². The Morgan fingerprint density at radius 1 is 1.58 bits per heavy atom. The first-order chi connectivity index (χ1) is 8.97. The van der Waals surface area contributed by atoms with Crippen molar-refractivity contribution < 1.29 is 9.31 Å². The Balaban J connectivity index is 2.23. The zero-order valence-electron chi connectivity index (χ0n) is 10.5. The first kappa shape index (κ1) is 14.2. The van der Waals surface area contributed by atoms with Crippen LogP contribution in [0, 0.1) is 15.9 Å². The fourth-order valence-corrected chi connectivity index (χ4v) is 2.65. The van der Waals surface area contributed by atoms with E-state index in [2.05, 4.69) is 26.1 Å². The van der Waals surface area contributed by atoms with Crippen molar-refractivity contribution in [3.63, 3.8) is 0 Å². The van der Waals surface area contributed by atoms with E-state index in [0.717, 1.165) is 32.0 Å². The lowest BCUT2D eigenvalue weighted by atomic mass is 10.1. The summed E-state index contributed by atoms with van der Waals surface area (Å²) in [5.41, 5.74) is 0.132. The zero-order valence-corrected chi connectivity index (χ0v) is 12.1. The second-order valence-corrected chi connectivity index (χ2v) is 5.64. The molecule has 1 saturated heterocycles. The summed E-state index contributed by atoms with van der Waals surface area (Å²) in [7, 11) is 2.02. The maximum atomic E-state index is 13.4. The Morgan fingerprint density at radius 3 is 2.95 bits per heavy atom. The normalized spacial score (nSPS) is 20.3. The zero-order chi connectivity index (χ0) is 14.0. The molecule has 0 aromatic heterocycles. The molecule has 1 aliphatic rings. The average Bonchev–Trinajstić information content (AvgIpc) is 2.33. The van der Waals surface area contributed by atoms with Crippen molar-refractivity contribution >= 4 is 27.3 Å². The summed E-state index contributed by atoms with van der Waals surface area (Å²) in [5.74, 6) is -0.627. The van der Waals surface area contributed by atoms with Crippen molar-refractivity contribution in [2.75, 3.05) is 25.5 Å². The molecule has 1 aliphatic heterocycles. The van der Waals surface area contributed by atoms with Crippen molar-refractivity contribution in [1.29, 1.82) is 0 Å². The van der Waals surface area contributed by atoms with Crippen LogP contribution >= 0.6 is 15.9 Å². The third-order valence-electron chi connectivity index (χ3n) is 3.22. The van der Waals surface area contributed by atoms with Gasteiger partial charge in [-0.2, -0.15) is 0 Å². The van der Waals surface area contributed by atoms with Gasteiger partial charge < -0.3 is 10.2 Å². The van der Waals surface area contributed by atoms with E-state index < -0.39 is 10.7 Å². The number of likely N-dealkylation sites (tertiary alicyclic amines) is 1. The Kier molecular flexibility index (Phi) is 4.36. The lowest BCUT2D eigenvalue weighted by Gasteiger charge is -2.30. The number of nitrogens with zero attached hydrogens (tertiary/aromatic N) is 2. The van der Waals surface area contributed by atoms with Crippen molar-refractivity contribution in [2.45, 2.75) is 18.9 Å². The monoisotopic (exact) mass is 331 g/mol. The molecule has 1 N–H and O–H groups in total. The second-order valence-electron chi connectivity index (χ2n) is 4.79. The molecule has 1 aromatic carbocycles. The Morgan fingerprint density at radius 2 is 2.32 bits per heavy atom. The van der Waals surface area contributed by atoms with E-state index in [0.29, 0.717) is 5.69 Å². The van der Waals surface area contributed by atoms with E-state index in [1.807, 2.05) is 7.05 Å². The number of hydrogen-bond donors (Lipinski definition) is 1. The fourth-order valence-electron chi connectivity index (χ4n) is 2.31. The smallest absolute Gasteiger partial charge is 0.295 e. The van der Waals surface area contributed by atoms with E-state index in [4.69, 9.17) is 0 Å². The number of nitrogens with one attached hydrogen (secondary N) is 1. The number of nitro groups is 1. The van der Waals surface area contributed by atoms with E-state index in [-0.39, 0.29) is 16.2 Å². The van der Waals surface area contributed by atoms with Gasteiger partial charge >= 0.3 is 0 Å². The van der Waals surface area contributed by atoms with E-state index in [9.17, 15) is 14.5 Å². The molecule has 1 aromatic rings. The van der Waals surface area contributed by atoms with Crippen LogP contribution in [0.25, 0.3) is 0 Å². The van der Waals surface area contributed by atoms with Crippen LogP contribution in [0.5, 0.6) is 0 Å². The van der Waals surface area contributed by atoms with Crippen LogP contribution in [-0.4, -0.2) is 36.0 Å². The van der Waals surface area contributed by atoms with E-state index in [1.165, 1.54) is 6.07 Å². The van der Waals surface area contributed by atoms with Gasteiger partial charge in [-0.25, -0.2) is 4.39 Å². The topological polar surface area (TPSA) is 58.4 Å². The second kappa shape index (κ2) is 5.83. The molecule has 1 heterocycles. The summed E-state index contributed by atoms with van der Waals surface area (Å²) in [4.78, 5) is 12.6. The number of hydrogen-bond acceptors (Lipinski definition) is 4. The van der Waals surface area contributed by atoms with Crippen molar-refractivity contribution in [3.8, 4) is 0 Å². The van der Waals surface area contributed by atoms with Gasteiger partial charge in [-0.15, -0.1) is 0 Å². The van der Waals surface area contributed by atoms with Gasteiger partial charge in [-0.1, -0.05) is 0 Å². The summed E-state index contributed by atoms with van der Waals surface area (Å²) in [5, 5.41) is 14.1. The number of halogens is 2. The number of piperidine rings is 1. The highest BCUT2D eigenvalue weighted by Crippen LogP contribution is 2.31. The summed E-state index contributed by atoms with van der Waals surface area (Å²) >= 11 is 3.06. The van der Waals surface area contributed by atoms with Gasteiger partial charge in [0.15, 0.2) is 0 Å². The van der Waals surface area contributed by atoms with Gasteiger partial charge in [-0.05, 0) is 48.4 Å². The van der Waals surface area contributed by atoms with Crippen molar-refractivity contribution in [2.24, 2.45) is 0 Å². The molecule has 5 nitrogen and oxygen atoms in total. The SMILES string of the molecule is CN1CCCC(Nc2cc(Br)c(F)cc2[N+](=O)[O-])C1. The van der Waals surface area contributed by atoms with Gasteiger partial charge in [0.05, 0.1) is 15.5 Å². The quantitative estimate of drug-likeness (QED) is 0.683. The molecule has 0 saturated carbocycles. The van der Waals surface area contributed by atoms with Crippen LogP contribution < -0.4 is 5.32 Å². The summed E-state index contributed by atoms with van der Waals surface area (Å²) in [6.45, 7) is 1.86. The summed E-state index contributed by atoms with van der Waals surface area (Å²) in [6.07, 6.45) is 2.00. The van der Waals surface area contributed by atoms with E-state index in [1.54, 1.807) is 0 Å². The first-order valence-corrected chi connectivity index (χ1v) is 6.85. The molecule has 0 amide bonds. The molecular weight excluding hydrogens is 317 g/mol. The summed E-state index contributed by atoms with van der Waals surface area (Å²) < 4.78 is 13.6. The minimum Gasteiger partial charge on any atom is -0.375 e. The van der Waals surface area contributed by atoms with Crippen LogP contribution in [-0.2, 0) is 0 Å². The maximum absolute atomic E-state index is 13.4.